The van der Waals surface area contributed by atoms with Gasteiger partial charge in [0, 0.05) is 16.6 Å². The van der Waals surface area contributed by atoms with Crippen molar-refractivity contribution in [3.63, 3.8) is 0 Å². The average molecular weight is 242 g/mol. The van der Waals surface area contributed by atoms with E-state index in [1.54, 1.807) is 18.9 Å². The highest BCUT2D eigenvalue weighted by Crippen LogP contribution is 2.37. The van der Waals surface area contributed by atoms with Crippen molar-refractivity contribution in [1.29, 1.82) is 0 Å². The first-order valence-electron chi connectivity index (χ1n) is 4.94. The Morgan fingerprint density at radius 1 is 1.40 bits per heavy atom. The number of hydrogen-bond acceptors (Lipinski definition) is 3. The molecule has 1 aliphatic heterocycles. The topological polar surface area (TPSA) is 26.3 Å². The van der Waals surface area contributed by atoms with Gasteiger partial charge in [0.15, 0.2) is 0 Å². The Balaban J connectivity index is 2.17. The summed E-state index contributed by atoms with van der Waals surface area (Å²) in [6, 6.07) is 7.89. The molecule has 0 unspecified atom stereocenters. The predicted octanol–water partition coefficient (Wildman–Crippen LogP) is 2.58. The molecule has 15 heavy (non-hydrogen) atoms. The molecule has 0 aromatic heterocycles. The molecule has 1 aromatic carbocycles. The molecule has 0 aliphatic carbocycles. The summed E-state index contributed by atoms with van der Waals surface area (Å²) in [4.78, 5) is 0. The number of ether oxygens (including phenoxy) is 1. The Kier molecular flexibility index (Phi) is 3.70. The predicted molar refractivity (Wildman–Crippen MR) is 65.8 cm³/mol. The van der Waals surface area contributed by atoms with Gasteiger partial charge in [-0.15, -0.1) is 11.8 Å². The Hall–Kier alpha value is -0.480. The summed E-state index contributed by atoms with van der Waals surface area (Å²) in [5.41, 5.74) is 1.15. The number of rotatable bonds is 2. The lowest BCUT2D eigenvalue weighted by atomic mass is 10.2. The quantitative estimate of drug-likeness (QED) is 0.797. The van der Waals surface area contributed by atoms with Gasteiger partial charge in [0.05, 0.1) is 7.11 Å². The first kappa shape index (κ1) is 11.0. The van der Waals surface area contributed by atoms with Crippen molar-refractivity contribution < 1.29 is 8.95 Å². The summed E-state index contributed by atoms with van der Waals surface area (Å²) in [5, 5.41) is 0. The van der Waals surface area contributed by atoms with E-state index >= 15 is 0 Å². The maximum atomic E-state index is 11.8. The summed E-state index contributed by atoms with van der Waals surface area (Å²) in [5.74, 6) is 2.80. The summed E-state index contributed by atoms with van der Waals surface area (Å²) >= 11 is 1.80. The molecular weight excluding hydrogens is 228 g/mol. The lowest BCUT2D eigenvalue weighted by molar-refractivity contribution is 0.414. The van der Waals surface area contributed by atoms with Crippen molar-refractivity contribution in [2.45, 2.75) is 11.0 Å². The van der Waals surface area contributed by atoms with Crippen LogP contribution in [0, 0.1) is 0 Å². The van der Waals surface area contributed by atoms with Crippen LogP contribution in [0.15, 0.2) is 24.3 Å². The van der Waals surface area contributed by atoms with Crippen LogP contribution in [0.3, 0.4) is 0 Å². The van der Waals surface area contributed by atoms with E-state index in [1.165, 1.54) is 0 Å². The first-order chi connectivity index (χ1) is 7.31. The van der Waals surface area contributed by atoms with E-state index in [-0.39, 0.29) is 4.58 Å². The summed E-state index contributed by atoms with van der Waals surface area (Å²) in [6.45, 7) is 0. The first-order valence-corrected chi connectivity index (χ1v) is 7.37. The fourth-order valence-electron chi connectivity index (χ4n) is 1.58. The highest BCUT2D eigenvalue weighted by Gasteiger charge is 2.22. The molecule has 2 nitrogen and oxygen atoms in total. The van der Waals surface area contributed by atoms with E-state index < -0.39 is 10.8 Å². The van der Waals surface area contributed by atoms with Crippen LogP contribution in [0.2, 0.25) is 0 Å². The van der Waals surface area contributed by atoms with E-state index in [2.05, 4.69) is 0 Å². The number of benzene rings is 1. The van der Waals surface area contributed by atoms with Gasteiger partial charge in [0.2, 0.25) is 0 Å². The van der Waals surface area contributed by atoms with Crippen LogP contribution < -0.4 is 4.74 Å². The fraction of sp³-hybridized carbons (Fsp3) is 0.455. The van der Waals surface area contributed by atoms with Crippen LogP contribution in [-0.4, -0.2) is 22.8 Å². The highest BCUT2D eigenvalue weighted by molar-refractivity contribution is 8.11. The molecule has 1 heterocycles. The van der Waals surface area contributed by atoms with Crippen molar-refractivity contribution in [3.8, 4) is 5.75 Å². The minimum atomic E-state index is -0.715. The third-order valence-corrected chi connectivity index (χ3v) is 5.98. The lowest BCUT2D eigenvalue weighted by Gasteiger charge is -2.21. The third kappa shape index (κ3) is 2.55. The van der Waals surface area contributed by atoms with Crippen LogP contribution in [0.4, 0.5) is 0 Å². The zero-order valence-corrected chi connectivity index (χ0v) is 10.3. The Morgan fingerprint density at radius 3 is 2.73 bits per heavy atom. The Labute approximate surface area is 96.9 Å². The molecule has 82 valence electrons. The summed E-state index contributed by atoms with van der Waals surface area (Å²) in [6.07, 6.45) is 1.07. The van der Waals surface area contributed by atoms with Gasteiger partial charge in [-0.25, -0.2) is 0 Å². The Bertz CT molecular complexity index is 348. The van der Waals surface area contributed by atoms with Gasteiger partial charge in [-0.05, 0) is 29.9 Å². The van der Waals surface area contributed by atoms with Crippen molar-refractivity contribution in [3.05, 3.63) is 29.8 Å². The van der Waals surface area contributed by atoms with E-state index in [4.69, 9.17) is 4.74 Å². The van der Waals surface area contributed by atoms with E-state index in [0.717, 1.165) is 29.2 Å². The van der Waals surface area contributed by atoms with Gasteiger partial charge >= 0.3 is 0 Å². The molecule has 1 fully saturated rings. The van der Waals surface area contributed by atoms with Gasteiger partial charge < -0.3 is 4.74 Å². The van der Waals surface area contributed by atoms with Crippen molar-refractivity contribution in [2.24, 2.45) is 0 Å². The molecular formula is C11H14O2S2. The molecule has 1 saturated heterocycles. The highest BCUT2D eigenvalue weighted by atomic mass is 32.2. The van der Waals surface area contributed by atoms with Gasteiger partial charge in [0.25, 0.3) is 0 Å². The second-order valence-electron chi connectivity index (χ2n) is 3.41. The molecule has 2 rings (SSSR count). The van der Waals surface area contributed by atoms with Crippen molar-refractivity contribution >= 4 is 22.6 Å². The van der Waals surface area contributed by atoms with E-state index in [0.29, 0.717) is 0 Å². The van der Waals surface area contributed by atoms with Gasteiger partial charge in [-0.2, -0.15) is 0 Å². The molecule has 0 N–H and O–H groups in total. The molecule has 1 aromatic rings. The molecule has 0 bridgehead atoms. The molecule has 0 saturated carbocycles. The van der Waals surface area contributed by atoms with Crippen LogP contribution >= 0.6 is 11.8 Å². The van der Waals surface area contributed by atoms with E-state index in [9.17, 15) is 4.21 Å². The summed E-state index contributed by atoms with van der Waals surface area (Å²) in [7, 11) is 0.940. The molecule has 4 heteroatoms. The fourth-order valence-corrected chi connectivity index (χ4v) is 4.93. The molecule has 2 atom stereocenters. The normalized spacial score (nSPS) is 26.2. The summed E-state index contributed by atoms with van der Waals surface area (Å²) < 4.78 is 17.1. The molecule has 0 spiro atoms. The monoisotopic (exact) mass is 242 g/mol. The number of hydrogen-bond donors (Lipinski definition) is 0. The van der Waals surface area contributed by atoms with E-state index in [1.807, 2.05) is 24.3 Å². The minimum Gasteiger partial charge on any atom is -0.497 e. The van der Waals surface area contributed by atoms with Crippen molar-refractivity contribution in [2.75, 3.05) is 18.6 Å². The molecule has 1 aliphatic rings. The smallest absolute Gasteiger partial charge is 0.118 e. The van der Waals surface area contributed by atoms with Crippen LogP contribution in [-0.2, 0) is 10.8 Å². The minimum absolute atomic E-state index is 0.157. The average Bonchev–Trinajstić information content (AvgIpc) is 2.30. The zero-order valence-electron chi connectivity index (χ0n) is 8.64. The Morgan fingerprint density at radius 2 is 2.13 bits per heavy atom. The third-order valence-electron chi connectivity index (χ3n) is 2.39. The number of thioether (sulfide) groups is 1. The zero-order chi connectivity index (χ0) is 10.7. The number of methoxy groups -OCH3 is 1. The molecule has 0 radical (unpaired) electrons. The van der Waals surface area contributed by atoms with Crippen LogP contribution in [0.5, 0.6) is 5.75 Å². The van der Waals surface area contributed by atoms with Crippen LogP contribution in [0.1, 0.15) is 16.6 Å². The lowest BCUT2D eigenvalue weighted by Crippen LogP contribution is -2.13. The standard InChI is InChI=1S/C11H14O2S2/c1-13-10-5-3-9(4-6-10)11-14-7-2-8-15(11)12/h3-6,11H,2,7-8H2,1H3/t11-,15-/m0/s1. The maximum absolute atomic E-state index is 11.8. The van der Waals surface area contributed by atoms with Crippen LogP contribution in [0.25, 0.3) is 0 Å². The second-order valence-corrected chi connectivity index (χ2v) is 6.57. The van der Waals surface area contributed by atoms with Gasteiger partial charge in [-0.3, -0.25) is 4.21 Å². The maximum Gasteiger partial charge on any atom is 0.118 e. The van der Waals surface area contributed by atoms with Crippen molar-refractivity contribution in [1.82, 2.24) is 0 Å². The second kappa shape index (κ2) is 5.03. The SMILES string of the molecule is COc1ccc([C@H]2SCCC[S@@]2=O)cc1. The molecule has 0 amide bonds. The van der Waals surface area contributed by atoms with Gasteiger partial charge in [0.1, 0.15) is 10.3 Å². The largest absolute Gasteiger partial charge is 0.497 e. The van der Waals surface area contributed by atoms with Gasteiger partial charge in [-0.1, -0.05) is 12.1 Å².